The van der Waals surface area contributed by atoms with E-state index in [0.717, 1.165) is 12.8 Å². The van der Waals surface area contributed by atoms with Gasteiger partial charge in [0, 0.05) is 19.2 Å². The van der Waals surface area contributed by atoms with Crippen LogP contribution in [0.2, 0.25) is 0 Å². The maximum Gasteiger partial charge on any atom is 0.243 e. The van der Waals surface area contributed by atoms with Crippen molar-refractivity contribution in [3.05, 3.63) is 0 Å². The number of hydrogen-bond acceptors (Lipinski definition) is 4. The third kappa shape index (κ3) is 4.02. The quantitative estimate of drug-likeness (QED) is 0.485. The number of hydrogen-bond donors (Lipinski definition) is 4. The Morgan fingerprint density at radius 3 is 2.56 bits per heavy atom. The summed E-state index contributed by atoms with van der Waals surface area (Å²) in [4.78, 5) is 22.4. The first kappa shape index (κ1) is 13.3. The predicted molar refractivity (Wildman–Crippen MR) is 63.2 cm³/mol. The second kappa shape index (κ2) is 6.10. The number of aliphatic hydroxyl groups is 1. The smallest absolute Gasteiger partial charge is 0.243 e. The van der Waals surface area contributed by atoms with Gasteiger partial charge in [-0.1, -0.05) is 0 Å². The van der Waals surface area contributed by atoms with Crippen molar-refractivity contribution in [1.29, 1.82) is 0 Å². The molecule has 0 aromatic carbocycles. The van der Waals surface area contributed by atoms with Crippen LogP contribution in [0.3, 0.4) is 0 Å². The molecule has 0 radical (unpaired) electrons. The molecule has 0 saturated heterocycles. The molecule has 0 aromatic heterocycles. The molecule has 1 saturated carbocycles. The van der Waals surface area contributed by atoms with Crippen molar-refractivity contribution < 1.29 is 14.7 Å². The van der Waals surface area contributed by atoms with Crippen LogP contribution in [-0.2, 0) is 9.59 Å². The first-order chi connectivity index (χ1) is 7.52. The van der Waals surface area contributed by atoms with Gasteiger partial charge in [-0.15, -0.1) is 0 Å². The van der Waals surface area contributed by atoms with E-state index in [0.29, 0.717) is 12.5 Å². The van der Waals surface area contributed by atoms with Crippen LogP contribution < -0.4 is 10.6 Å². The van der Waals surface area contributed by atoms with Crippen molar-refractivity contribution in [2.75, 3.05) is 12.3 Å². The van der Waals surface area contributed by atoms with Gasteiger partial charge in [-0.05, 0) is 18.8 Å². The molecule has 2 amide bonds. The van der Waals surface area contributed by atoms with Crippen LogP contribution in [0.1, 0.15) is 19.8 Å². The second-order valence-electron chi connectivity index (χ2n) is 4.17. The van der Waals surface area contributed by atoms with Gasteiger partial charge in [0.1, 0.15) is 6.04 Å². The number of amides is 2. The third-order valence-electron chi connectivity index (χ3n) is 2.65. The van der Waals surface area contributed by atoms with Crippen molar-refractivity contribution in [2.45, 2.75) is 31.9 Å². The summed E-state index contributed by atoms with van der Waals surface area (Å²) in [6.45, 7) is 1.92. The Kier molecular flexibility index (Phi) is 5.08. The van der Waals surface area contributed by atoms with Gasteiger partial charge in [0.25, 0.3) is 0 Å². The topological polar surface area (TPSA) is 78.4 Å². The van der Waals surface area contributed by atoms with Gasteiger partial charge in [-0.3, -0.25) is 9.59 Å². The summed E-state index contributed by atoms with van der Waals surface area (Å²) >= 11 is 4.01. The molecule has 1 rings (SSSR count). The lowest BCUT2D eigenvalue weighted by Gasteiger charge is -2.31. The molecule has 1 aliphatic rings. The first-order valence-corrected chi connectivity index (χ1v) is 6.00. The van der Waals surface area contributed by atoms with E-state index in [-0.39, 0.29) is 23.7 Å². The molecule has 0 heterocycles. The molecule has 0 spiro atoms. The zero-order chi connectivity index (χ0) is 12.1. The lowest BCUT2D eigenvalue weighted by atomic mass is 9.82. The Balaban J connectivity index is 2.24. The summed E-state index contributed by atoms with van der Waals surface area (Å²) in [6.07, 6.45) is 1.27. The summed E-state index contributed by atoms with van der Waals surface area (Å²) in [5.41, 5.74) is 0. The van der Waals surface area contributed by atoms with Crippen molar-refractivity contribution in [3.63, 3.8) is 0 Å². The summed E-state index contributed by atoms with van der Waals surface area (Å²) in [6, 6.07) is -0.578. The largest absolute Gasteiger partial charge is 0.393 e. The summed E-state index contributed by atoms with van der Waals surface area (Å²) in [5.74, 6) is 0.176. The SMILES string of the molecule is CC(=O)NC(CS)C(=O)NCC1CC(O)C1. The van der Waals surface area contributed by atoms with E-state index in [1.54, 1.807) is 0 Å². The molecule has 1 aliphatic carbocycles. The normalized spacial score (nSPS) is 25.4. The van der Waals surface area contributed by atoms with Gasteiger partial charge in [-0.25, -0.2) is 0 Å². The van der Waals surface area contributed by atoms with Gasteiger partial charge < -0.3 is 15.7 Å². The van der Waals surface area contributed by atoms with Crippen LogP contribution in [0.15, 0.2) is 0 Å². The average molecular weight is 246 g/mol. The van der Waals surface area contributed by atoms with Crippen molar-refractivity contribution in [2.24, 2.45) is 5.92 Å². The third-order valence-corrected chi connectivity index (χ3v) is 3.02. The van der Waals surface area contributed by atoms with Crippen molar-refractivity contribution >= 4 is 24.4 Å². The molecule has 92 valence electrons. The Bertz CT molecular complexity index is 267. The van der Waals surface area contributed by atoms with Crippen LogP contribution in [0, 0.1) is 5.92 Å². The summed E-state index contributed by atoms with van der Waals surface area (Å²) in [5, 5.41) is 14.3. The number of aliphatic hydroxyl groups excluding tert-OH is 1. The lowest BCUT2D eigenvalue weighted by Crippen LogP contribution is -2.49. The fraction of sp³-hybridized carbons (Fsp3) is 0.800. The van der Waals surface area contributed by atoms with E-state index in [1.807, 2.05) is 0 Å². The second-order valence-corrected chi connectivity index (χ2v) is 4.54. The molecule has 1 unspecified atom stereocenters. The maximum atomic E-state index is 11.6. The minimum atomic E-state index is -0.578. The average Bonchev–Trinajstić information content (AvgIpc) is 2.18. The summed E-state index contributed by atoms with van der Waals surface area (Å²) in [7, 11) is 0. The minimum Gasteiger partial charge on any atom is -0.393 e. The van der Waals surface area contributed by atoms with Gasteiger partial charge in [-0.2, -0.15) is 12.6 Å². The summed E-state index contributed by atoms with van der Waals surface area (Å²) < 4.78 is 0. The number of carbonyl (C=O) groups excluding carboxylic acids is 2. The molecule has 3 N–H and O–H groups in total. The van der Waals surface area contributed by atoms with E-state index in [9.17, 15) is 9.59 Å². The van der Waals surface area contributed by atoms with Crippen LogP contribution in [0.25, 0.3) is 0 Å². The maximum absolute atomic E-state index is 11.6. The highest BCUT2D eigenvalue weighted by Crippen LogP contribution is 2.25. The van der Waals surface area contributed by atoms with E-state index in [1.165, 1.54) is 6.92 Å². The molecule has 1 fully saturated rings. The number of rotatable bonds is 5. The van der Waals surface area contributed by atoms with Gasteiger partial charge in [0.2, 0.25) is 11.8 Å². The zero-order valence-corrected chi connectivity index (χ0v) is 10.2. The fourth-order valence-corrected chi connectivity index (χ4v) is 1.93. The first-order valence-electron chi connectivity index (χ1n) is 5.36. The molecule has 0 aliphatic heterocycles. The predicted octanol–water partition coefficient (Wildman–Crippen LogP) is -0.692. The van der Waals surface area contributed by atoms with E-state index < -0.39 is 6.04 Å². The standard InChI is InChI=1S/C10H18N2O3S/c1-6(13)12-9(5-16)10(15)11-4-7-2-8(14)3-7/h7-9,14,16H,2-5H2,1H3,(H,11,15)(H,12,13). The van der Waals surface area contributed by atoms with Crippen LogP contribution in [0.4, 0.5) is 0 Å². The zero-order valence-electron chi connectivity index (χ0n) is 9.27. The number of thiol groups is 1. The Labute approximate surface area is 100 Å². The molecule has 16 heavy (non-hydrogen) atoms. The molecular weight excluding hydrogens is 228 g/mol. The van der Waals surface area contributed by atoms with E-state index in [2.05, 4.69) is 23.3 Å². The van der Waals surface area contributed by atoms with Gasteiger partial charge in [0.05, 0.1) is 6.10 Å². The fourth-order valence-electron chi connectivity index (χ4n) is 1.67. The molecular formula is C10H18N2O3S. The Morgan fingerprint density at radius 2 is 2.12 bits per heavy atom. The lowest BCUT2D eigenvalue weighted by molar-refractivity contribution is -0.127. The van der Waals surface area contributed by atoms with Gasteiger partial charge in [0.15, 0.2) is 0 Å². The molecule has 0 bridgehead atoms. The number of carbonyl (C=O) groups is 2. The van der Waals surface area contributed by atoms with Crippen LogP contribution >= 0.6 is 12.6 Å². The van der Waals surface area contributed by atoms with Crippen LogP contribution in [-0.4, -0.2) is 41.4 Å². The minimum absolute atomic E-state index is 0.210. The van der Waals surface area contributed by atoms with Crippen molar-refractivity contribution in [1.82, 2.24) is 10.6 Å². The highest BCUT2D eigenvalue weighted by Gasteiger charge is 2.28. The van der Waals surface area contributed by atoms with Crippen molar-refractivity contribution in [3.8, 4) is 0 Å². The molecule has 5 nitrogen and oxygen atoms in total. The Morgan fingerprint density at radius 1 is 1.50 bits per heavy atom. The van der Waals surface area contributed by atoms with E-state index >= 15 is 0 Å². The molecule has 1 atom stereocenters. The Hall–Kier alpha value is -0.750. The number of nitrogens with one attached hydrogen (secondary N) is 2. The molecule has 6 heteroatoms. The van der Waals surface area contributed by atoms with Crippen LogP contribution in [0.5, 0.6) is 0 Å². The van der Waals surface area contributed by atoms with E-state index in [4.69, 9.17) is 5.11 Å². The monoisotopic (exact) mass is 246 g/mol. The van der Waals surface area contributed by atoms with Gasteiger partial charge >= 0.3 is 0 Å². The molecule has 0 aromatic rings. The highest BCUT2D eigenvalue weighted by atomic mass is 32.1. The highest BCUT2D eigenvalue weighted by molar-refractivity contribution is 7.80.